The van der Waals surface area contributed by atoms with Crippen LogP contribution >= 0.6 is 0 Å². The summed E-state index contributed by atoms with van der Waals surface area (Å²) in [5.41, 5.74) is 0.416. The van der Waals surface area contributed by atoms with Gasteiger partial charge in [-0.3, -0.25) is 9.78 Å². The van der Waals surface area contributed by atoms with Crippen molar-refractivity contribution in [2.45, 2.75) is 32.3 Å². The molecule has 1 aliphatic heterocycles. The average Bonchev–Trinajstić information content (AvgIpc) is 2.53. The highest BCUT2D eigenvalue weighted by atomic mass is 16.5. The molecule has 0 bridgehead atoms. The number of amides is 1. The summed E-state index contributed by atoms with van der Waals surface area (Å²) in [5.74, 6) is 0.885. The van der Waals surface area contributed by atoms with E-state index >= 15 is 0 Å². The summed E-state index contributed by atoms with van der Waals surface area (Å²) in [5, 5.41) is 9.86. The molecule has 1 saturated heterocycles. The highest BCUT2D eigenvalue weighted by molar-refractivity contribution is 5.92. The molecule has 0 radical (unpaired) electrons. The predicted octanol–water partition coefficient (Wildman–Crippen LogP) is 1.71. The number of likely N-dealkylation sites (tertiary alicyclic amines) is 1. The summed E-state index contributed by atoms with van der Waals surface area (Å²) in [6, 6.07) is 3.38. The first kappa shape index (κ1) is 14.8. The van der Waals surface area contributed by atoms with Crippen LogP contribution in [0.3, 0.4) is 0 Å². The van der Waals surface area contributed by atoms with Crippen LogP contribution in [0, 0.1) is 5.92 Å². The number of carbonyl (C=O) groups excluding carboxylic acids is 1. The Labute approximate surface area is 119 Å². The number of rotatable bonds is 4. The number of pyridine rings is 1. The van der Waals surface area contributed by atoms with Crippen molar-refractivity contribution in [2.75, 3.05) is 20.2 Å². The van der Waals surface area contributed by atoms with Gasteiger partial charge in [-0.25, -0.2) is 0 Å². The van der Waals surface area contributed by atoms with Crippen molar-refractivity contribution in [2.24, 2.45) is 5.92 Å². The molecule has 0 saturated carbocycles. The lowest BCUT2D eigenvalue weighted by Crippen LogP contribution is -2.41. The van der Waals surface area contributed by atoms with Gasteiger partial charge in [0.05, 0.1) is 13.2 Å². The zero-order chi connectivity index (χ0) is 14.5. The van der Waals surface area contributed by atoms with Crippen LogP contribution in [0.15, 0.2) is 18.3 Å². The Morgan fingerprint density at radius 3 is 2.85 bits per heavy atom. The number of aromatic nitrogens is 1. The molecule has 2 heterocycles. The third-order valence-corrected chi connectivity index (χ3v) is 3.98. The lowest BCUT2D eigenvalue weighted by molar-refractivity contribution is 0.0450. The SMILES string of the molecule is CC[C@H](O)C1CCN(C(=O)c2cc(OC)ccn2)CC1. The maximum absolute atomic E-state index is 12.4. The number of hydrogen-bond acceptors (Lipinski definition) is 4. The standard InChI is InChI=1S/C15H22N2O3/c1-3-14(18)11-5-8-17(9-6-11)15(19)13-10-12(20-2)4-7-16-13/h4,7,10-11,14,18H,3,5-6,8-9H2,1-2H3/t14-/m0/s1. The predicted molar refractivity (Wildman–Crippen MR) is 75.7 cm³/mol. The molecule has 1 aromatic rings. The number of ether oxygens (including phenoxy) is 1. The van der Waals surface area contributed by atoms with Crippen LogP contribution in [-0.2, 0) is 0 Å². The number of nitrogens with zero attached hydrogens (tertiary/aromatic N) is 2. The first-order chi connectivity index (χ1) is 9.65. The van der Waals surface area contributed by atoms with Crippen molar-refractivity contribution < 1.29 is 14.6 Å². The molecule has 5 heteroatoms. The summed E-state index contributed by atoms with van der Waals surface area (Å²) in [6.45, 7) is 3.35. The summed E-state index contributed by atoms with van der Waals surface area (Å²) >= 11 is 0. The number of aliphatic hydroxyl groups excluding tert-OH is 1. The quantitative estimate of drug-likeness (QED) is 0.910. The number of hydrogen-bond donors (Lipinski definition) is 1. The monoisotopic (exact) mass is 278 g/mol. The fraction of sp³-hybridized carbons (Fsp3) is 0.600. The van der Waals surface area contributed by atoms with Crippen LogP contribution in [0.25, 0.3) is 0 Å². The van der Waals surface area contributed by atoms with Gasteiger partial charge in [-0.15, -0.1) is 0 Å². The molecule has 1 atom stereocenters. The van der Waals surface area contributed by atoms with Crippen molar-refractivity contribution in [3.63, 3.8) is 0 Å². The van der Waals surface area contributed by atoms with E-state index in [4.69, 9.17) is 4.74 Å². The van der Waals surface area contributed by atoms with Gasteiger partial charge >= 0.3 is 0 Å². The molecule has 1 aromatic heterocycles. The molecule has 110 valence electrons. The zero-order valence-corrected chi connectivity index (χ0v) is 12.1. The van der Waals surface area contributed by atoms with E-state index < -0.39 is 0 Å². The van der Waals surface area contributed by atoms with E-state index in [1.807, 2.05) is 6.92 Å². The van der Waals surface area contributed by atoms with Crippen molar-refractivity contribution >= 4 is 5.91 Å². The van der Waals surface area contributed by atoms with Crippen LogP contribution in [0.5, 0.6) is 5.75 Å². The Bertz CT molecular complexity index is 456. The minimum atomic E-state index is -0.248. The molecule has 1 fully saturated rings. The van der Waals surface area contributed by atoms with Gasteiger partial charge in [-0.2, -0.15) is 0 Å². The summed E-state index contributed by atoms with van der Waals surface area (Å²) in [7, 11) is 1.57. The molecule has 1 N–H and O–H groups in total. The second-order valence-electron chi connectivity index (χ2n) is 5.19. The number of methoxy groups -OCH3 is 1. The third-order valence-electron chi connectivity index (χ3n) is 3.98. The fourth-order valence-electron chi connectivity index (χ4n) is 2.64. The van der Waals surface area contributed by atoms with Crippen molar-refractivity contribution in [1.29, 1.82) is 0 Å². The first-order valence-corrected chi connectivity index (χ1v) is 7.13. The van der Waals surface area contributed by atoms with E-state index in [0.717, 1.165) is 19.3 Å². The average molecular weight is 278 g/mol. The lowest BCUT2D eigenvalue weighted by atomic mass is 9.90. The van der Waals surface area contributed by atoms with Crippen LogP contribution in [0.4, 0.5) is 0 Å². The van der Waals surface area contributed by atoms with Gasteiger partial charge in [0.1, 0.15) is 11.4 Å². The van der Waals surface area contributed by atoms with Gasteiger partial charge in [-0.1, -0.05) is 6.92 Å². The molecule has 5 nitrogen and oxygen atoms in total. The Kier molecular flexibility index (Phi) is 4.95. The van der Waals surface area contributed by atoms with Crippen LogP contribution in [0.2, 0.25) is 0 Å². The highest BCUT2D eigenvalue weighted by Gasteiger charge is 2.27. The van der Waals surface area contributed by atoms with E-state index in [-0.39, 0.29) is 12.0 Å². The molecular weight excluding hydrogens is 256 g/mol. The molecular formula is C15H22N2O3. The van der Waals surface area contributed by atoms with Crippen LogP contribution < -0.4 is 4.74 Å². The molecule has 20 heavy (non-hydrogen) atoms. The van der Waals surface area contributed by atoms with E-state index in [1.54, 1.807) is 30.3 Å². The van der Waals surface area contributed by atoms with E-state index in [9.17, 15) is 9.90 Å². The van der Waals surface area contributed by atoms with Crippen molar-refractivity contribution in [3.05, 3.63) is 24.0 Å². The molecule has 1 aliphatic rings. The zero-order valence-electron chi connectivity index (χ0n) is 12.1. The van der Waals surface area contributed by atoms with Gasteiger partial charge in [0, 0.05) is 25.4 Å². The normalized spacial score (nSPS) is 17.9. The molecule has 0 unspecified atom stereocenters. The van der Waals surface area contributed by atoms with Gasteiger partial charge in [0.25, 0.3) is 5.91 Å². The smallest absolute Gasteiger partial charge is 0.272 e. The first-order valence-electron chi connectivity index (χ1n) is 7.13. The Morgan fingerprint density at radius 1 is 1.55 bits per heavy atom. The third kappa shape index (κ3) is 3.28. The lowest BCUT2D eigenvalue weighted by Gasteiger charge is -2.33. The molecule has 2 rings (SSSR count). The van der Waals surface area contributed by atoms with Crippen molar-refractivity contribution in [3.8, 4) is 5.75 Å². The highest BCUT2D eigenvalue weighted by Crippen LogP contribution is 2.23. The van der Waals surface area contributed by atoms with Gasteiger partial charge in [-0.05, 0) is 31.2 Å². The topological polar surface area (TPSA) is 62.7 Å². The molecule has 1 amide bonds. The second-order valence-corrected chi connectivity index (χ2v) is 5.19. The Morgan fingerprint density at radius 2 is 2.25 bits per heavy atom. The van der Waals surface area contributed by atoms with E-state index in [1.165, 1.54) is 0 Å². The minimum absolute atomic E-state index is 0.0617. The van der Waals surface area contributed by atoms with Crippen LogP contribution in [-0.4, -0.2) is 47.2 Å². The van der Waals surface area contributed by atoms with Crippen molar-refractivity contribution in [1.82, 2.24) is 9.88 Å². The summed E-state index contributed by atoms with van der Waals surface area (Å²) in [6.07, 6.45) is 3.81. The molecule has 0 aromatic carbocycles. The van der Waals surface area contributed by atoms with E-state index in [0.29, 0.717) is 30.5 Å². The number of carbonyl (C=O) groups is 1. The fourth-order valence-corrected chi connectivity index (χ4v) is 2.64. The number of piperidine rings is 1. The second kappa shape index (κ2) is 6.70. The van der Waals surface area contributed by atoms with E-state index in [2.05, 4.69) is 4.98 Å². The Balaban J connectivity index is 1.97. The summed E-state index contributed by atoms with van der Waals surface area (Å²) < 4.78 is 5.11. The Hall–Kier alpha value is -1.62. The molecule has 0 aliphatic carbocycles. The minimum Gasteiger partial charge on any atom is -0.497 e. The number of aliphatic hydroxyl groups is 1. The van der Waals surface area contributed by atoms with Crippen LogP contribution in [0.1, 0.15) is 36.7 Å². The van der Waals surface area contributed by atoms with Gasteiger partial charge < -0.3 is 14.7 Å². The maximum Gasteiger partial charge on any atom is 0.272 e. The molecule has 0 spiro atoms. The van der Waals surface area contributed by atoms with Gasteiger partial charge in [0.2, 0.25) is 0 Å². The van der Waals surface area contributed by atoms with Gasteiger partial charge in [0.15, 0.2) is 0 Å². The maximum atomic E-state index is 12.4. The largest absolute Gasteiger partial charge is 0.497 e. The summed E-state index contributed by atoms with van der Waals surface area (Å²) in [4.78, 5) is 18.3.